The Hall–Kier alpha value is -3.20. The summed E-state index contributed by atoms with van der Waals surface area (Å²) in [4.78, 5) is 43.0. The van der Waals surface area contributed by atoms with Crippen LogP contribution in [-0.4, -0.2) is 34.2 Å². The predicted molar refractivity (Wildman–Crippen MR) is 100 cm³/mol. The molecule has 0 aliphatic carbocycles. The van der Waals surface area contributed by atoms with Gasteiger partial charge in [0.15, 0.2) is 11.6 Å². The second kappa shape index (κ2) is 8.95. The van der Waals surface area contributed by atoms with Crippen molar-refractivity contribution in [3.63, 3.8) is 0 Å². The molecule has 0 aliphatic heterocycles. The van der Waals surface area contributed by atoms with Gasteiger partial charge in [-0.15, -0.1) is 12.3 Å². The molecule has 27 heavy (non-hydrogen) atoms. The first-order valence-electron chi connectivity index (χ1n) is 8.58. The summed E-state index contributed by atoms with van der Waals surface area (Å²) in [5.41, 5.74) is -1.24. The number of ether oxygens (including phenoxy) is 1. The lowest BCUT2D eigenvalue weighted by Gasteiger charge is -2.28. The van der Waals surface area contributed by atoms with Crippen LogP contribution in [0.4, 0.5) is 0 Å². The van der Waals surface area contributed by atoms with Crippen LogP contribution in [0.3, 0.4) is 0 Å². The number of ketones is 2. The second-order valence-corrected chi connectivity index (χ2v) is 6.29. The molecule has 0 fully saturated rings. The van der Waals surface area contributed by atoms with Crippen LogP contribution in [0.1, 0.15) is 46.7 Å². The number of hydrogen-bond acceptors (Lipinski definition) is 5. The van der Waals surface area contributed by atoms with Crippen molar-refractivity contribution in [1.82, 2.24) is 9.55 Å². The van der Waals surface area contributed by atoms with E-state index >= 15 is 0 Å². The summed E-state index contributed by atoms with van der Waals surface area (Å²) in [5, 5.41) is 0. The van der Waals surface area contributed by atoms with Crippen LogP contribution in [0.2, 0.25) is 0 Å². The zero-order chi connectivity index (χ0) is 19.9. The maximum Gasteiger partial charge on any atom is 0.320 e. The first kappa shape index (κ1) is 20.1. The fourth-order valence-electron chi connectivity index (χ4n) is 3.04. The van der Waals surface area contributed by atoms with Crippen LogP contribution in [0.15, 0.2) is 42.7 Å². The van der Waals surface area contributed by atoms with Crippen molar-refractivity contribution in [2.75, 3.05) is 7.11 Å². The molecule has 0 spiro atoms. The highest BCUT2D eigenvalue weighted by atomic mass is 16.5. The number of aromatic nitrogens is 2. The van der Waals surface area contributed by atoms with E-state index < -0.39 is 17.2 Å². The molecule has 0 saturated carbocycles. The van der Waals surface area contributed by atoms with Crippen LogP contribution >= 0.6 is 0 Å². The molecule has 1 atom stereocenters. The summed E-state index contributed by atoms with van der Waals surface area (Å²) >= 11 is 0. The van der Waals surface area contributed by atoms with Gasteiger partial charge in [-0.05, 0) is 12.8 Å². The Morgan fingerprint density at radius 1 is 1.26 bits per heavy atom. The number of terminal acetylenes is 1. The largest absolute Gasteiger partial charge is 0.468 e. The molecule has 0 bridgehead atoms. The monoisotopic (exact) mass is 366 g/mol. The van der Waals surface area contributed by atoms with E-state index in [1.165, 1.54) is 17.9 Å². The van der Waals surface area contributed by atoms with Gasteiger partial charge in [-0.1, -0.05) is 30.3 Å². The number of nitrogens with zero attached hydrogens (tertiary/aromatic N) is 2. The van der Waals surface area contributed by atoms with Gasteiger partial charge in [0, 0.05) is 37.8 Å². The van der Waals surface area contributed by atoms with Crippen molar-refractivity contribution in [1.29, 1.82) is 0 Å². The number of Topliss-reactive ketones (excluding diaryl/α,β-unsaturated/α-hetero) is 2. The second-order valence-electron chi connectivity index (χ2n) is 6.29. The molecule has 1 aromatic carbocycles. The normalized spacial score (nSPS) is 12.6. The predicted octanol–water partition coefficient (Wildman–Crippen LogP) is 2.84. The minimum Gasteiger partial charge on any atom is -0.468 e. The van der Waals surface area contributed by atoms with Crippen LogP contribution in [0, 0.1) is 17.8 Å². The number of carbonyl (C=O) groups is 3. The summed E-state index contributed by atoms with van der Waals surface area (Å²) < 4.78 is 6.46. The van der Waals surface area contributed by atoms with Crippen molar-refractivity contribution < 1.29 is 19.1 Å². The molecule has 0 N–H and O–H groups in total. The quantitative estimate of drug-likeness (QED) is 0.224. The Balaban J connectivity index is 2.48. The first-order valence-corrected chi connectivity index (χ1v) is 8.58. The molecule has 0 radical (unpaired) electrons. The molecule has 2 aromatic rings. The number of carbonyl (C=O) groups excluding carboxylic acids is 3. The van der Waals surface area contributed by atoms with E-state index in [4.69, 9.17) is 11.2 Å². The van der Waals surface area contributed by atoms with Gasteiger partial charge in [0.2, 0.25) is 5.78 Å². The van der Waals surface area contributed by atoms with Crippen LogP contribution in [-0.2, 0) is 16.6 Å². The van der Waals surface area contributed by atoms with Crippen molar-refractivity contribution in [3.8, 4) is 12.3 Å². The number of unbranched alkanes of at least 4 members (excludes halogenated alkanes) is 1. The van der Waals surface area contributed by atoms with Gasteiger partial charge in [-0.3, -0.25) is 14.4 Å². The highest BCUT2D eigenvalue weighted by Crippen LogP contribution is 2.36. The standard InChI is InChI=1S/C21H22N2O4/c1-4-5-9-12-21(20(26)27-3,18(25)19-22-13-14-23(19)2)15-17(24)16-10-7-6-8-11-16/h1,6-8,10-11,13-14H,5,9,12,15H2,2-3H3/t21-/m0/s1. The van der Waals surface area contributed by atoms with E-state index in [-0.39, 0.29) is 24.4 Å². The molecule has 0 saturated heterocycles. The molecule has 6 nitrogen and oxygen atoms in total. The Bertz CT molecular complexity index is 864. The van der Waals surface area contributed by atoms with E-state index in [1.807, 2.05) is 0 Å². The highest BCUT2D eigenvalue weighted by molar-refractivity contribution is 6.14. The van der Waals surface area contributed by atoms with Crippen molar-refractivity contribution in [3.05, 3.63) is 54.1 Å². The Labute approximate surface area is 158 Å². The molecule has 6 heteroatoms. The first-order chi connectivity index (χ1) is 13.0. The molecule has 0 amide bonds. The lowest BCUT2D eigenvalue weighted by molar-refractivity contribution is -0.150. The van der Waals surface area contributed by atoms with E-state index in [0.29, 0.717) is 18.4 Å². The minimum absolute atomic E-state index is 0.0990. The molecular weight excluding hydrogens is 344 g/mol. The number of aryl methyl sites for hydroxylation is 1. The summed E-state index contributed by atoms with van der Waals surface area (Å²) in [7, 11) is 2.86. The van der Waals surface area contributed by atoms with E-state index in [1.54, 1.807) is 43.6 Å². The fourth-order valence-corrected chi connectivity index (χ4v) is 3.04. The van der Waals surface area contributed by atoms with Gasteiger partial charge >= 0.3 is 5.97 Å². The number of hydrogen-bond donors (Lipinski definition) is 0. The van der Waals surface area contributed by atoms with Crippen LogP contribution in [0.25, 0.3) is 0 Å². The molecule has 2 rings (SSSR count). The van der Waals surface area contributed by atoms with E-state index in [0.717, 1.165) is 0 Å². The number of esters is 1. The summed E-state index contributed by atoms with van der Waals surface area (Å²) in [6.07, 6.45) is 8.98. The topological polar surface area (TPSA) is 78.3 Å². The molecule has 0 aliphatic rings. The third-order valence-corrected chi connectivity index (χ3v) is 4.52. The van der Waals surface area contributed by atoms with Gasteiger partial charge in [-0.25, -0.2) is 4.98 Å². The average Bonchev–Trinajstić information content (AvgIpc) is 3.12. The maximum atomic E-state index is 13.3. The van der Waals surface area contributed by atoms with Crippen molar-refractivity contribution >= 4 is 17.5 Å². The average molecular weight is 366 g/mol. The smallest absolute Gasteiger partial charge is 0.320 e. The lowest BCUT2D eigenvalue weighted by Crippen LogP contribution is -2.43. The third-order valence-electron chi connectivity index (χ3n) is 4.52. The summed E-state index contributed by atoms with van der Waals surface area (Å²) in [6, 6.07) is 8.54. The van der Waals surface area contributed by atoms with Crippen molar-refractivity contribution in [2.24, 2.45) is 12.5 Å². The van der Waals surface area contributed by atoms with Gasteiger partial charge in [0.05, 0.1) is 7.11 Å². The van der Waals surface area contributed by atoms with Gasteiger partial charge < -0.3 is 9.30 Å². The van der Waals surface area contributed by atoms with Crippen molar-refractivity contribution in [2.45, 2.75) is 25.7 Å². The van der Waals surface area contributed by atoms with E-state index in [2.05, 4.69) is 10.9 Å². The highest BCUT2D eigenvalue weighted by Gasteiger charge is 2.49. The number of imidazole rings is 1. The SMILES string of the molecule is C#CCCC[C@@](CC(=O)c1ccccc1)(C(=O)OC)C(=O)c1nccn1C. The zero-order valence-corrected chi connectivity index (χ0v) is 15.5. The number of benzene rings is 1. The molecule has 140 valence electrons. The zero-order valence-electron chi connectivity index (χ0n) is 15.5. The fraction of sp³-hybridized carbons (Fsp3) is 0.333. The molecule has 0 unspecified atom stereocenters. The minimum atomic E-state index is -1.67. The Morgan fingerprint density at radius 3 is 2.52 bits per heavy atom. The molecular formula is C21H22N2O4. The van der Waals surface area contributed by atoms with Gasteiger partial charge in [0.1, 0.15) is 5.41 Å². The Kier molecular flexibility index (Phi) is 6.67. The van der Waals surface area contributed by atoms with Gasteiger partial charge in [0.25, 0.3) is 0 Å². The Morgan fingerprint density at radius 2 is 1.96 bits per heavy atom. The molecule has 1 aromatic heterocycles. The lowest BCUT2D eigenvalue weighted by atomic mass is 9.73. The maximum absolute atomic E-state index is 13.3. The number of methoxy groups -OCH3 is 1. The third kappa shape index (κ3) is 4.32. The van der Waals surface area contributed by atoms with Crippen LogP contribution in [0.5, 0.6) is 0 Å². The van der Waals surface area contributed by atoms with Crippen LogP contribution < -0.4 is 0 Å². The summed E-state index contributed by atoms with van der Waals surface area (Å²) in [6.45, 7) is 0. The summed E-state index contributed by atoms with van der Waals surface area (Å²) in [5.74, 6) is 0.990. The molecule has 1 heterocycles. The van der Waals surface area contributed by atoms with Gasteiger partial charge in [-0.2, -0.15) is 0 Å². The van der Waals surface area contributed by atoms with E-state index in [9.17, 15) is 14.4 Å². The number of rotatable bonds is 9.